The first-order valence-corrected chi connectivity index (χ1v) is 6.52. The highest BCUT2D eigenvalue weighted by Crippen LogP contribution is 2.26. The van der Waals surface area contributed by atoms with Crippen LogP contribution in [0.1, 0.15) is 10.4 Å². The van der Waals surface area contributed by atoms with Crippen LogP contribution in [0.5, 0.6) is 11.5 Å². The second-order valence-electron chi connectivity index (χ2n) is 4.83. The third-order valence-electron chi connectivity index (χ3n) is 3.20. The Kier molecular flexibility index (Phi) is 4.56. The van der Waals surface area contributed by atoms with Gasteiger partial charge in [0.25, 0.3) is 0 Å². The molecule has 2 atom stereocenters. The first-order chi connectivity index (χ1) is 11.2. The van der Waals surface area contributed by atoms with E-state index in [2.05, 4.69) is 0 Å². The number of esters is 1. The lowest BCUT2D eigenvalue weighted by Crippen LogP contribution is -2.33. The minimum Gasteiger partial charge on any atom is -0.508 e. The number of aliphatic hydroxyl groups is 1. The van der Waals surface area contributed by atoms with E-state index in [9.17, 15) is 29.7 Å². The Hall–Kier alpha value is -3.33. The minimum atomic E-state index is -1.59. The molecule has 9 nitrogen and oxygen atoms in total. The van der Waals surface area contributed by atoms with Crippen molar-refractivity contribution >= 4 is 17.9 Å². The van der Waals surface area contributed by atoms with Gasteiger partial charge in [0, 0.05) is 0 Å². The standard InChI is InChI=1S/C15H12O9/c16-6-1-2-10(17)9(3-6)15(23)24-12-5-8(14(21)22)7(13(19)20)4-11(12)18/h1-5,11-12,16-18H,(H,19,20)(H,21,22)/t11-,12+/m0/s1. The summed E-state index contributed by atoms with van der Waals surface area (Å²) in [5.74, 6) is -5.08. The van der Waals surface area contributed by atoms with Crippen LogP contribution in [0, 0.1) is 0 Å². The molecule has 1 aromatic rings. The predicted molar refractivity (Wildman–Crippen MR) is 76.4 cm³/mol. The van der Waals surface area contributed by atoms with E-state index in [0.717, 1.165) is 30.4 Å². The van der Waals surface area contributed by atoms with Gasteiger partial charge in [-0.1, -0.05) is 0 Å². The van der Waals surface area contributed by atoms with E-state index >= 15 is 0 Å². The SMILES string of the molecule is O=C(O)C1=C[C@H](O)[C@H](OC(=O)c2cc(O)ccc2O)C=C1C(=O)O. The number of aliphatic carboxylic acids is 2. The molecule has 9 heteroatoms. The van der Waals surface area contributed by atoms with Crippen molar-refractivity contribution in [3.63, 3.8) is 0 Å². The topological polar surface area (TPSA) is 162 Å². The zero-order chi connectivity index (χ0) is 18.0. The molecule has 0 spiro atoms. The van der Waals surface area contributed by atoms with Gasteiger partial charge in [0.1, 0.15) is 23.2 Å². The van der Waals surface area contributed by atoms with E-state index < -0.39 is 52.6 Å². The van der Waals surface area contributed by atoms with E-state index in [1.54, 1.807) is 0 Å². The maximum atomic E-state index is 12.0. The van der Waals surface area contributed by atoms with Crippen molar-refractivity contribution in [2.75, 3.05) is 0 Å². The first kappa shape index (κ1) is 17.0. The molecule has 0 aromatic heterocycles. The Morgan fingerprint density at radius 1 is 0.958 bits per heavy atom. The van der Waals surface area contributed by atoms with Crippen LogP contribution < -0.4 is 0 Å². The summed E-state index contributed by atoms with van der Waals surface area (Å²) in [5, 5.41) is 46.7. The summed E-state index contributed by atoms with van der Waals surface area (Å²) in [4.78, 5) is 34.1. The Morgan fingerprint density at radius 2 is 1.54 bits per heavy atom. The lowest BCUT2D eigenvalue weighted by atomic mass is 9.94. The van der Waals surface area contributed by atoms with Gasteiger partial charge in [-0.15, -0.1) is 0 Å². The lowest BCUT2D eigenvalue weighted by Gasteiger charge is -2.23. The van der Waals surface area contributed by atoms with Crippen LogP contribution in [-0.4, -0.2) is 55.6 Å². The Balaban J connectivity index is 2.29. The van der Waals surface area contributed by atoms with Crippen molar-refractivity contribution in [3.05, 3.63) is 47.1 Å². The van der Waals surface area contributed by atoms with Crippen LogP contribution in [0.2, 0.25) is 0 Å². The summed E-state index contributed by atoms with van der Waals surface area (Å²) >= 11 is 0. The summed E-state index contributed by atoms with van der Waals surface area (Å²) in [5.41, 5.74) is -1.69. The second kappa shape index (κ2) is 6.42. The van der Waals surface area contributed by atoms with Crippen LogP contribution in [0.3, 0.4) is 0 Å². The summed E-state index contributed by atoms with van der Waals surface area (Å²) in [7, 11) is 0. The number of hydrogen-bond acceptors (Lipinski definition) is 7. The largest absolute Gasteiger partial charge is 0.508 e. The van der Waals surface area contributed by atoms with Gasteiger partial charge in [-0.3, -0.25) is 0 Å². The molecule has 1 aliphatic rings. The van der Waals surface area contributed by atoms with Crippen LogP contribution in [0.15, 0.2) is 41.5 Å². The molecule has 0 radical (unpaired) electrons. The molecule has 0 aliphatic heterocycles. The molecule has 1 aromatic carbocycles. The lowest BCUT2D eigenvalue weighted by molar-refractivity contribution is -0.136. The Bertz CT molecular complexity index is 775. The van der Waals surface area contributed by atoms with E-state index in [0.29, 0.717) is 0 Å². The zero-order valence-corrected chi connectivity index (χ0v) is 11.9. The third-order valence-corrected chi connectivity index (χ3v) is 3.20. The maximum Gasteiger partial charge on any atom is 0.342 e. The number of phenols is 2. The Labute approximate surface area is 134 Å². The van der Waals surface area contributed by atoms with E-state index in [1.807, 2.05) is 0 Å². The number of aromatic hydroxyl groups is 2. The van der Waals surface area contributed by atoms with Gasteiger partial charge in [0.05, 0.1) is 11.1 Å². The maximum absolute atomic E-state index is 12.0. The van der Waals surface area contributed by atoms with Crippen molar-refractivity contribution in [3.8, 4) is 11.5 Å². The first-order valence-electron chi connectivity index (χ1n) is 6.52. The molecule has 1 aliphatic carbocycles. The van der Waals surface area contributed by atoms with Gasteiger partial charge in [-0.25, -0.2) is 14.4 Å². The molecular weight excluding hydrogens is 324 g/mol. The average molecular weight is 336 g/mol. The number of carbonyl (C=O) groups is 3. The highest BCUT2D eigenvalue weighted by atomic mass is 16.6. The molecule has 0 saturated heterocycles. The van der Waals surface area contributed by atoms with E-state index in [1.165, 1.54) is 0 Å². The molecule has 0 amide bonds. The summed E-state index contributed by atoms with van der Waals surface area (Å²) in [6.07, 6.45) is -1.55. The smallest absolute Gasteiger partial charge is 0.342 e. The highest BCUT2D eigenvalue weighted by Gasteiger charge is 2.32. The summed E-state index contributed by atoms with van der Waals surface area (Å²) in [6, 6.07) is 3.10. The van der Waals surface area contributed by atoms with Gasteiger partial charge in [-0.05, 0) is 30.4 Å². The number of carbonyl (C=O) groups excluding carboxylic acids is 1. The predicted octanol–water partition coefficient (Wildman–Crippen LogP) is 0.0197. The average Bonchev–Trinajstić information content (AvgIpc) is 2.50. The molecule has 24 heavy (non-hydrogen) atoms. The fourth-order valence-corrected chi connectivity index (χ4v) is 2.06. The molecule has 2 rings (SSSR count). The molecule has 0 heterocycles. The van der Waals surface area contributed by atoms with E-state index in [-0.39, 0.29) is 5.75 Å². The van der Waals surface area contributed by atoms with Crippen LogP contribution in [0.4, 0.5) is 0 Å². The molecule has 0 fully saturated rings. The number of hydrogen-bond donors (Lipinski definition) is 5. The van der Waals surface area contributed by atoms with Crippen LogP contribution >= 0.6 is 0 Å². The monoisotopic (exact) mass is 336 g/mol. The number of aliphatic hydroxyl groups excluding tert-OH is 1. The summed E-state index contributed by atoms with van der Waals surface area (Å²) < 4.78 is 4.90. The fourth-order valence-electron chi connectivity index (χ4n) is 2.06. The quantitative estimate of drug-likeness (QED) is 0.377. The second-order valence-corrected chi connectivity index (χ2v) is 4.83. The molecule has 0 unspecified atom stereocenters. The molecule has 0 bridgehead atoms. The number of carboxylic acid groups (broad SMARTS) is 2. The fraction of sp³-hybridized carbons (Fsp3) is 0.133. The molecular formula is C15H12O9. The van der Waals surface area contributed by atoms with Gasteiger partial charge in [0.15, 0.2) is 6.10 Å². The van der Waals surface area contributed by atoms with Crippen molar-refractivity contribution in [1.82, 2.24) is 0 Å². The van der Waals surface area contributed by atoms with E-state index in [4.69, 9.17) is 14.9 Å². The third kappa shape index (κ3) is 3.36. The number of ether oxygens (including phenoxy) is 1. The van der Waals surface area contributed by atoms with Crippen molar-refractivity contribution in [1.29, 1.82) is 0 Å². The van der Waals surface area contributed by atoms with Gasteiger partial charge >= 0.3 is 17.9 Å². The molecule has 126 valence electrons. The highest BCUT2D eigenvalue weighted by molar-refractivity contribution is 6.06. The van der Waals surface area contributed by atoms with Gasteiger partial charge in [-0.2, -0.15) is 0 Å². The zero-order valence-electron chi connectivity index (χ0n) is 11.9. The van der Waals surface area contributed by atoms with Gasteiger partial charge in [0.2, 0.25) is 0 Å². The number of benzene rings is 1. The summed E-state index contributed by atoms with van der Waals surface area (Å²) in [6.45, 7) is 0. The van der Waals surface area contributed by atoms with Crippen LogP contribution in [-0.2, 0) is 14.3 Å². The number of phenolic OH excluding ortho intramolecular Hbond substituents is 2. The normalized spacial score (nSPS) is 19.9. The van der Waals surface area contributed by atoms with Crippen molar-refractivity contribution < 1.29 is 44.7 Å². The molecule has 0 saturated carbocycles. The number of rotatable bonds is 4. The van der Waals surface area contributed by atoms with Gasteiger partial charge < -0.3 is 30.3 Å². The van der Waals surface area contributed by atoms with Crippen LogP contribution in [0.25, 0.3) is 0 Å². The number of carboxylic acids is 2. The van der Waals surface area contributed by atoms with Crippen molar-refractivity contribution in [2.24, 2.45) is 0 Å². The minimum absolute atomic E-state index is 0.321. The Morgan fingerprint density at radius 3 is 2.12 bits per heavy atom. The van der Waals surface area contributed by atoms with Crippen molar-refractivity contribution in [2.45, 2.75) is 12.2 Å². The molecule has 5 N–H and O–H groups in total.